The van der Waals surface area contributed by atoms with Crippen molar-refractivity contribution in [2.45, 2.75) is 13.8 Å². The van der Waals surface area contributed by atoms with Gasteiger partial charge in [0.25, 0.3) is 0 Å². The van der Waals surface area contributed by atoms with Crippen molar-refractivity contribution in [1.29, 1.82) is 0 Å². The number of carbonyl (C=O) groups is 1. The molecule has 2 rings (SSSR count). The minimum Gasteiger partial charge on any atom is -0.340 e. The summed E-state index contributed by atoms with van der Waals surface area (Å²) in [6.45, 7) is 8.40. The fraction of sp³-hybridized carbons (Fsp3) is 0.312. The number of allylic oxidation sites excluding steroid dienone is 1. The Bertz CT molecular complexity index is 589. The van der Waals surface area contributed by atoms with Crippen LogP contribution < -0.4 is 0 Å². The molecular weight excluding hydrogens is 241 g/mol. The summed E-state index contributed by atoms with van der Waals surface area (Å²) in [6.07, 6.45) is 0. The zero-order chi connectivity index (χ0) is 14.0. The van der Waals surface area contributed by atoms with Crippen LogP contribution in [0.25, 0.3) is 5.57 Å². The van der Waals surface area contributed by atoms with Gasteiger partial charge in [-0.25, -0.2) is 4.39 Å². The highest BCUT2D eigenvalue weighted by Gasteiger charge is 2.26. The number of likely N-dealkylation sites (tertiary alicyclic amines) is 1. The van der Waals surface area contributed by atoms with Gasteiger partial charge in [-0.1, -0.05) is 24.5 Å². The van der Waals surface area contributed by atoms with Crippen LogP contribution in [-0.2, 0) is 4.79 Å². The summed E-state index contributed by atoms with van der Waals surface area (Å²) in [4.78, 5) is 12.8. The first-order chi connectivity index (χ1) is 8.97. The Morgan fingerprint density at radius 3 is 2.63 bits per heavy atom. The monoisotopic (exact) mass is 257 g/mol. The summed E-state index contributed by atoms with van der Waals surface area (Å²) in [5, 5.41) is 0. The summed E-state index contributed by atoms with van der Waals surface area (Å²) in [7, 11) is 0. The van der Waals surface area contributed by atoms with Crippen molar-refractivity contribution in [2.75, 3.05) is 13.1 Å². The molecule has 0 aromatic heterocycles. The first kappa shape index (κ1) is 13.4. The van der Waals surface area contributed by atoms with E-state index in [1.54, 1.807) is 30.9 Å². The van der Waals surface area contributed by atoms with E-state index in [1.165, 1.54) is 6.07 Å². The lowest BCUT2D eigenvalue weighted by atomic mass is 10.00. The Kier molecular flexibility index (Phi) is 3.71. The molecule has 0 atom stereocenters. The predicted molar refractivity (Wildman–Crippen MR) is 73.7 cm³/mol. The Morgan fingerprint density at radius 2 is 2.11 bits per heavy atom. The van der Waals surface area contributed by atoms with E-state index in [1.807, 2.05) is 0 Å². The topological polar surface area (TPSA) is 20.3 Å². The number of benzene rings is 1. The van der Waals surface area contributed by atoms with Crippen LogP contribution in [0.2, 0.25) is 0 Å². The molecule has 0 unspecified atom stereocenters. The highest BCUT2D eigenvalue weighted by Crippen LogP contribution is 2.18. The van der Waals surface area contributed by atoms with E-state index in [4.69, 9.17) is 0 Å². The summed E-state index contributed by atoms with van der Waals surface area (Å²) < 4.78 is 13.7. The maximum absolute atomic E-state index is 13.7. The fourth-order valence-corrected chi connectivity index (χ4v) is 1.95. The number of carbonyl (C=O) groups excluding carboxylic acids is 1. The third-order valence-electron chi connectivity index (χ3n) is 3.18. The number of rotatable bonds is 1. The molecule has 0 radical (unpaired) electrons. The molecule has 2 nitrogen and oxygen atoms in total. The van der Waals surface area contributed by atoms with Gasteiger partial charge in [-0.2, -0.15) is 0 Å². The zero-order valence-corrected chi connectivity index (χ0v) is 11.2. The second kappa shape index (κ2) is 5.27. The molecule has 1 amide bonds. The Balaban J connectivity index is 2.04. The summed E-state index contributed by atoms with van der Waals surface area (Å²) in [5.74, 6) is 6.01. The lowest BCUT2D eigenvalue weighted by Crippen LogP contribution is -2.48. The summed E-state index contributed by atoms with van der Waals surface area (Å²) >= 11 is 0. The van der Waals surface area contributed by atoms with Crippen molar-refractivity contribution in [3.63, 3.8) is 0 Å². The van der Waals surface area contributed by atoms with Gasteiger partial charge in [0, 0.05) is 31.1 Å². The lowest BCUT2D eigenvalue weighted by Gasteiger charge is -2.35. The van der Waals surface area contributed by atoms with Crippen molar-refractivity contribution in [1.82, 2.24) is 4.90 Å². The molecule has 1 heterocycles. The smallest absolute Gasteiger partial charge is 0.219 e. The molecular formula is C16H16FNO. The lowest BCUT2D eigenvalue weighted by molar-refractivity contribution is -0.133. The molecule has 1 aliphatic rings. The molecule has 3 heteroatoms. The van der Waals surface area contributed by atoms with Crippen molar-refractivity contribution in [2.24, 2.45) is 5.92 Å². The molecule has 98 valence electrons. The highest BCUT2D eigenvalue weighted by atomic mass is 19.1. The second-order valence-corrected chi connectivity index (χ2v) is 4.87. The normalized spacial score (nSPS) is 14.4. The van der Waals surface area contributed by atoms with E-state index in [9.17, 15) is 9.18 Å². The highest BCUT2D eigenvalue weighted by molar-refractivity contribution is 5.74. The van der Waals surface area contributed by atoms with Crippen LogP contribution in [0, 0.1) is 23.6 Å². The van der Waals surface area contributed by atoms with Gasteiger partial charge >= 0.3 is 0 Å². The number of amides is 1. The van der Waals surface area contributed by atoms with Gasteiger partial charge in [-0.05, 0) is 24.6 Å². The van der Waals surface area contributed by atoms with E-state index in [0.717, 1.165) is 0 Å². The number of hydrogen-bond acceptors (Lipinski definition) is 1. The van der Waals surface area contributed by atoms with Gasteiger partial charge in [0.1, 0.15) is 5.82 Å². The van der Waals surface area contributed by atoms with Crippen LogP contribution in [0.5, 0.6) is 0 Å². The van der Waals surface area contributed by atoms with E-state index in [0.29, 0.717) is 29.8 Å². The van der Waals surface area contributed by atoms with Crippen molar-refractivity contribution >= 4 is 11.5 Å². The average Bonchev–Trinajstić information content (AvgIpc) is 2.25. The quantitative estimate of drug-likeness (QED) is 0.708. The summed E-state index contributed by atoms with van der Waals surface area (Å²) in [6, 6.07) is 4.92. The van der Waals surface area contributed by atoms with E-state index in [-0.39, 0.29) is 17.6 Å². The first-order valence-corrected chi connectivity index (χ1v) is 6.20. The van der Waals surface area contributed by atoms with Crippen molar-refractivity contribution in [3.8, 4) is 11.8 Å². The molecule has 0 spiro atoms. The number of hydrogen-bond donors (Lipinski definition) is 0. The SMILES string of the molecule is C=C(C)c1ccc(C#CC2CN(C(C)=O)C2)cc1F. The minimum atomic E-state index is -0.293. The average molecular weight is 257 g/mol. The van der Waals surface area contributed by atoms with Crippen molar-refractivity contribution in [3.05, 3.63) is 41.7 Å². The molecule has 1 fully saturated rings. The van der Waals surface area contributed by atoms with Gasteiger partial charge in [0.2, 0.25) is 5.91 Å². The molecule has 0 aliphatic carbocycles. The van der Waals surface area contributed by atoms with Crippen LogP contribution in [0.3, 0.4) is 0 Å². The van der Waals surface area contributed by atoms with Gasteiger partial charge in [-0.3, -0.25) is 4.79 Å². The van der Waals surface area contributed by atoms with Crippen LogP contribution in [0.1, 0.15) is 25.0 Å². The molecule has 19 heavy (non-hydrogen) atoms. The second-order valence-electron chi connectivity index (χ2n) is 4.87. The minimum absolute atomic E-state index is 0.0786. The third kappa shape index (κ3) is 3.03. The molecule has 1 aromatic rings. The van der Waals surface area contributed by atoms with Crippen molar-refractivity contribution < 1.29 is 9.18 Å². The molecule has 0 bridgehead atoms. The Morgan fingerprint density at radius 1 is 1.42 bits per heavy atom. The largest absolute Gasteiger partial charge is 0.340 e. The molecule has 0 saturated carbocycles. The van der Waals surface area contributed by atoms with E-state index < -0.39 is 0 Å². The molecule has 0 N–H and O–H groups in total. The maximum atomic E-state index is 13.7. The third-order valence-corrected chi connectivity index (χ3v) is 3.18. The molecule has 1 saturated heterocycles. The molecule has 1 aliphatic heterocycles. The standard InChI is InChI=1S/C16H16FNO/c1-11(2)15-7-6-13(8-16(15)17)4-5-14-9-18(10-14)12(3)19/h6-8,14H,1,9-10H2,2-3H3. The van der Waals surface area contributed by atoms with Gasteiger partial charge < -0.3 is 4.90 Å². The van der Waals surface area contributed by atoms with Crippen LogP contribution >= 0.6 is 0 Å². The van der Waals surface area contributed by atoms with E-state index >= 15 is 0 Å². The maximum Gasteiger partial charge on any atom is 0.219 e. The molecule has 1 aromatic carbocycles. The summed E-state index contributed by atoms with van der Waals surface area (Å²) in [5.41, 5.74) is 1.88. The fourth-order valence-electron chi connectivity index (χ4n) is 1.95. The number of nitrogens with zero attached hydrogens (tertiary/aromatic N) is 1. The van der Waals surface area contributed by atoms with Gasteiger partial charge in [-0.15, -0.1) is 0 Å². The van der Waals surface area contributed by atoms with Gasteiger partial charge in [0.05, 0.1) is 5.92 Å². The zero-order valence-electron chi connectivity index (χ0n) is 11.2. The van der Waals surface area contributed by atoms with Crippen LogP contribution in [0.15, 0.2) is 24.8 Å². The Labute approximate surface area is 112 Å². The first-order valence-electron chi connectivity index (χ1n) is 6.20. The predicted octanol–water partition coefficient (Wildman–Crippen LogP) is 2.69. The van der Waals surface area contributed by atoms with E-state index in [2.05, 4.69) is 18.4 Å². The van der Waals surface area contributed by atoms with Crippen LogP contribution in [0.4, 0.5) is 4.39 Å². The van der Waals surface area contributed by atoms with Gasteiger partial charge in [0.15, 0.2) is 0 Å². The van der Waals surface area contributed by atoms with Crippen LogP contribution in [-0.4, -0.2) is 23.9 Å². The number of halogens is 1. The Hall–Kier alpha value is -2.08.